The van der Waals surface area contributed by atoms with Crippen LogP contribution in [0.15, 0.2) is 54.6 Å². The van der Waals surface area contributed by atoms with Crippen molar-refractivity contribution in [3.63, 3.8) is 0 Å². The summed E-state index contributed by atoms with van der Waals surface area (Å²) in [5, 5.41) is 3.15. The number of piperidine rings is 1. The van der Waals surface area contributed by atoms with Gasteiger partial charge in [0.15, 0.2) is 0 Å². The molecule has 0 unspecified atom stereocenters. The lowest BCUT2D eigenvalue weighted by atomic mass is 9.94. The van der Waals surface area contributed by atoms with E-state index in [1.165, 1.54) is 30.4 Å². The number of urea groups is 1. The van der Waals surface area contributed by atoms with E-state index in [2.05, 4.69) is 62.5 Å². The van der Waals surface area contributed by atoms with Crippen LogP contribution in [0.1, 0.15) is 85.3 Å². The standard InChI is InChI=1S/C33H44N4O3/c38-32(34-28-17-21-40-22-18-28)27-13-11-25(12-14-27)23-35-19-15-30(16-20-35)37-31(26-7-3-1-4-8-26)24-36(33(37)39)29-9-5-2-6-10-29/h1,3-4,7-8,11-14,28-31H,2,5-6,9-10,15-24H2,(H,34,38)/t31-/m0/s1. The highest BCUT2D eigenvalue weighted by Crippen LogP contribution is 2.38. The number of carbonyl (C=O) groups excluding carboxylic acids is 2. The Bertz CT molecular complexity index is 1120. The van der Waals surface area contributed by atoms with Crippen LogP contribution in [0.2, 0.25) is 0 Å². The Morgan fingerprint density at radius 2 is 1.52 bits per heavy atom. The molecule has 4 aliphatic rings. The second kappa shape index (κ2) is 12.7. The molecule has 7 nitrogen and oxygen atoms in total. The third-order valence-electron chi connectivity index (χ3n) is 9.50. The quantitative estimate of drug-likeness (QED) is 0.509. The topological polar surface area (TPSA) is 65.1 Å². The molecule has 7 heteroatoms. The van der Waals surface area contributed by atoms with Gasteiger partial charge in [0.2, 0.25) is 0 Å². The molecule has 2 aromatic carbocycles. The minimum Gasteiger partial charge on any atom is -0.381 e. The van der Waals surface area contributed by atoms with Gasteiger partial charge in [-0.25, -0.2) is 4.79 Å². The Kier molecular flexibility index (Phi) is 8.68. The summed E-state index contributed by atoms with van der Waals surface area (Å²) in [6.07, 6.45) is 9.84. The van der Waals surface area contributed by atoms with Crippen molar-refractivity contribution in [2.45, 2.75) is 88.5 Å². The van der Waals surface area contributed by atoms with Crippen molar-refractivity contribution >= 4 is 11.9 Å². The van der Waals surface area contributed by atoms with Crippen molar-refractivity contribution in [2.75, 3.05) is 32.8 Å². The molecule has 0 aromatic heterocycles. The van der Waals surface area contributed by atoms with Gasteiger partial charge in [-0.1, -0.05) is 61.7 Å². The second-order valence-corrected chi connectivity index (χ2v) is 12.1. The molecule has 0 bridgehead atoms. The number of rotatable bonds is 7. The van der Waals surface area contributed by atoms with Gasteiger partial charge in [0.05, 0.1) is 6.04 Å². The molecule has 214 valence electrons. The molecule has 4 fully saturated rings. The number of hydrogen-bond acceptors (Lipinski definition) is 4. The highest BCUT2D eigenvalue weighted by atomic mass is 16.5. The average Bonchev–Trinajstić information content (AvgIpc) is 3.36. The highest BCUT2D eigenvalue weighted by molar-refractivity contribution is 5.94. The molecule has 3 aliphatic heterocycles. The normalized spacial score (nSPS) is 24.0. The summed E-state index contributed by atoms with van der Waals surface area (Å²) in [5.74, 6) is 0.00443. The van der Waals surface area contributed by atoms with Gasteiger partial charge in [0.25, 0.3) is 5.91 Å². The highest BCUT2D eigenvalue weighted by Gasteiger charge is 2.45. The van der Waals surface area contributed by atoms with Gasteiger partial charge < -0.3 is 19.9 Å². The Labute approximate surface area is 238 Å². The van der Waals surface area contributed by atoms with Gasteiger partial charge in [0, 0.05) is 63.1 Å². The summed E-state index contributed by atoms with van der Waals surface area (Å²) in [6, 6.07) is 20.0. The van der Waals surface area contributed by atoms with E-state index < -0.39 is 0 Å². The summed E-state index contributed by atoms with van der Waals surface area (Å²) in [7, 11) is 0. The monoisotopic (exact) mass is 544 g/mol. The fraction of sp³-hybridized carbons (Fsp3) is 0.576. The van der Waals surface area contributed by atoms with E-state index in [9.17, 15) is 9.59 Å². The largest absolute Gasteiger partial charge is 0.381 e. The molecular weight excluding hydrogens is 500 g/mol. The molecule has 6 rings (SSSR count). The number of carbonyl (C=O) groups is 2. The van der Waals surface area contributed by atoms with Crippen molar-refractivity contribution in [1.82, 2.24) is 20.0 Å². The molecule has 40 heavy (non-hydrogen) atoms. The zero-order valence-corrected chi connectivity index (χ0v) is 23.7. The maximum absolute atomic E-state index is 13.9. The van der Waals surface area contributed by atoms with Gasteiger partial charge in [-0.15, -0.1) is 0 Å². The van der Waals surface area contributed by atoms with E-state index in [1.807, 2.05) is 12.1 Å². The first-order valence-electron chi connectivity index (χ1n) is 15.5. The molecule has 1 atom stereocenters. The Balaban J connectivity index is 1.05. The lowest BCUT2D eigenvalue weighted by Gasteiger charge is -2.39. The summed E-state index contributed by atoms with van der Waals surface area (Å²) in [6.45, 7) is 5.09. The third kappa shape index (κ3) is 6.21. The number of amides is 3. The summed E-state index contributed by atoms with van der Waals surface area (Å²) >= 11 is 0. The van der Waals surface area contributed by atoms with Gasteiger partial charge in [0.1, 0.15) is 0 Å². The number of benzene rings is 2. The average molecular weight is 545 g/mol. The van der Waals surface area contributed by atoms with Crippen molar-refractivity contribution in [3.8, 4) is 0 Å². The first-order chi connectivity index (χ1) is 19.7. The van der Waals surface area contributed by atoms with Gasteiger partial charge in [-0.2, -0.15) is 0 Å². The predicted octanol–water partition coefficient (Wildman–Crippen LogP) is 5.37. The third-order valence-corrected chi connectivity index (χ3v) is 9.50. The smallest absolute Gasteiger partial charge is 0.321 e. The van der Waals surface area contributed by atoms with Crippen molar-refractivity contribution in [1.29, 1.82) is 0 Å². The fourth-order valence-corrected chi connectivity index (χ4v) is 7.17. The van der Waals surface area contributed by atoms with Crippen LogP contribution in [0.5, 0.6) is 0 Å². The Morgan fingerprint density at radius 3 is 2.23 bits per heavy atom. The first kappa shape index (κ1) is 27.3. The van der Waals surface area contributed by atoms with E-state index in [-0.39, 0.29) is 30.1 Å². The first-order valence-corrected chi connectivity index (χ1v) is 15.5. The molecule has 3 heterocycles. The summed E-state index contributed by atoms with van der Waals surface area (Å²) in [4.78, 5) is 33.5. The zero-order chi connectivity index (χ0) is 27.3. The minimum atomic E-state index is 0.00443. The predicted molar refractivity (Wildman–Crippen MR) is 156 cm³/mol. The lowest BCUT2D eigenvalue weighted by Crippen LogP contribution is -2.48. The zero-order valence-electron chi connectivity index (χ0n) is 23.7. The number of nitrogens with zero attached hydrogens (tertiary/aromatic N) is 3. The van der Waals surface area contributed by atoms with E-state index in [1.54, 1.807) is 0 Å². The summed E-state index contributed by atoms with van der Waals surface area (Å²) in [5.41, 5.74) is 3.21. The van der Waals surface area contributed by atoms with E-state index in [0.717, 1.165) is 83.5 Å². The van der Waals surface area contributed by atoms with Gasteiger partial charge >= 0.3 is 6.03 Å². The SMILES string of the molecule is O=C(NC1CCOCC1)c1ccc(CN2CCC(N3C(=O)N(C4CCCCC4)C[C@H]3c3ccccc3)CC2)cc1. The van der Waals surface area contributed by atoms with Crippen LogP contribution in [0.25, 0.3) is 0 Å². The maximum Gasteiger partial charge on any atom is 0.321 e. The van der Waals surface area contributed by atoms with Crippen LogP contribution in [-0.2, 0) is 11.3 Å². The molecular formula is C33H44N4O3. The van der Waals surface area contributed by atoms with E-state index in [4.69, 9.17) is 4.74 Å². The number of nitrogens with one attached hydrogen (secondary N) is 1. The van der Waals surface area contributed by atoms with Crippen LogP contribution in [0.3, 0.4) is 0 Å². The second-order valence-electron chi connectivity index (χ2n) is 12.1. The Morgan fingerprint density at radius 1 is 0.825 bits per heavy atom. The molecule has 1 saturated carbocycles. The summed E-state index contributed by atoms with van der Waals surface area (Å²) < 4.78 is 5.39. The van der Waals surface area contributed by atoms with Crippen LogP contribution in [0, 0.1) is 0 Å². The molecule has 1 aliphatic carbocycles. The van der Waals surface area contributed by atoms with Crippen LogP contribution < -0.4 is 5.32 Å². The molecule has 0 spiro atoms. The number of ether oxygens (including phenoxy) is 1. The lowest BCUT2D eigenvalue weighted by molar-refractivity contribution is 0.0696. The van der Waals surface area contributed by atoms with Crippen molar-refractivity contribution in [3.05, 3.63) is 71.3 Å². The van der Waals surface area contributed by atoms with Crippen LogP contribution in [-0.4, -0.2) is 77.6 Å². The molecule has 2 aromatic rings. The maximum atomic E-state index is 13.9. The molecule has 1 N–H and O–H groups in total. The molecule has 0 radical (unpaired) electrons. The van der Waals surface area contributed by atoms with Crippen LogP contribution >= 0.6 is 0 Å². The van der Waals surface area contributed by atoms with E-state index in [0.29, 0.717) is 6.04 Å². The Hall–Kier alpha value is -2.90. The molecule has 3 amide bonds. The fourth-order valence-electron chi connectivity index (χ4n) is 7.17. The van der Waals surface area contributed by atoms with Crippen molar-refractivity contribution < 1.29 is 14.3 Å². The van der Waals surface area contributed by atoms with E-state index >= 15 is 0 Å². The minimum absolute atomic E-state index is 0.00443. The molecule has 3 saturated heterocycles. The van der Waals surface area contributed by atoms with Gasteiger partial charge in [-0.3, -0.25) is 9.69 Å². The van der Waals surface area contributed by atoms with Crippen LogP contribution in [0.4, 0.5) is 4.79 Å². The number of likely N-dealkylation sites (tertiary alicyclic amines) is 1. The van der Waals surface area contributed by atoms with Gasteiger partial charge in [-0.05, 0) is 61.8 Å². The number of hydrogen-bond donors (Lipinski definition) is 1. The van der Waals surface area contributed by atoms with Crippen molar-refractivity contribution in [2.24, 2.45) is 0 Å².